The largest absolute Gasteiger partial charge is 0.476 e. The zero-order chi connectivity index (χ0) is 25.3. The lowest BCUT2D eigenvalue weighted by Crippen LogP contribution is -2.23. The van der Waals surface area contributed by atoms with Gasteiger partial charge in [-0.3, -0.25) is 9.59 Å². The van der Waals surface area contributed by atoms with Crippen molar-refractivity contribution in [3.63, 3.8) is 0 Å². The molecule has 4 rings (SSSR count). The second kappa shape index (κ2) is 9.46. The molecule has 0 saturated carbocycles. The molecule has 1 N–H and O–H groups in total. The SMILES string of the molecule is Cc1cc2oc(-c3ccccc3Cl)c(OCC(=O)Nc3cccc(C(F)(F)F)c3)c(=O)c2cc1C. The third-order valence-electron chi connectivity index (χ3n) is 5.40. The molecule has 0 aliphatic heterocycles. The van der Waals surface area contributed by atoms with E-state index in [4.69, 9.17) is 20.8 Å². The highest BCUT2D eigenvalue weighted by molar-refractivity contribution is 6.33. The highest BCUT2D eigenvalue weighted by Crippen LogP contribution is 2.36. The van der Waals surface area contributed by atoms with E-state index in [0.29, 0.717) is 16.2 Å². The molecule has 0 unspecified atom stereocenters. The van der Waals surface area contributed by atoms with Gasteiger partial charge < -0.3 is 14.5 Å². The second-order valence-electron chi connectivity index (χ2n) is 7.92. The Balaban J connectivity index is 1.69. The van der Waals surface area contributed by atoms with Gasteiger partial charge in [-0.25, -0.2) is 0 Å². The molecule has 0 atom stereocenters. The first-order chi connectivity index (χ1) is 16.5. The van der Waals surface area contributed by atoms with Crippen molar-refractivity contribution in [3.8, 4) is 17.1 Å². The first kappa shape index (κ1) is 24.3. The minimum Gasteiger partial charge on any atom is -0.476 e. The summed E-state index contributed by atoms with van der Waals surface area (Å²) in [7, 11) is 0. The molecule has 0 fully saturated rings. The van der Waals surface area contributed by atoms with Gasteiger partial charge >= 0.3 is 6.18 Å². The van der Waals surface area contributed by atoms with Gasteiger partial charge in [0.05, 0.1) is 16.0 Å². The maximum absolute atomic E-state index is 13.3. The molecule has 1 aromatic heterocycles. The molecule has 1 amide bonds. The van der Waals surface area contributed by atoms with Crippen molar-refractivity contribution in [1.82, 2.24) is 0 Å². The summed E-state index contributed by atoms with van der Waals surface area (Å²) in [5.74, 6) is -0.940. The summed E-state index contributed by atoms with van der Waals surface area (Å²) in [5, 5.41) is 2.91. The van der Waals surface area contributed by atoms with Crippen LogP contribution in [0.1, 0.15) is 16.7 Å². The molecule has 0 bridgehead atoms. The van der Waals surface area contributed by atoms with E-state index in [1.807, 2.05) is 13.8 Å². The average molecular weight is 502 g/mol. The summed E-state index contributed by atoms with van der Waals surface area (Å²) in [6, 6.07) is 14.3. The lowest BCUT2D eigenvalue weighted by atomic mass is 10.0. The van der Waals surface area contributed by atoms with Gasteiger partial charge in [0.2, 0.25) is 11.2 Å². The summed E-state index contributed by atoms with van der Waals surface area (Å²) < 4.78 is 50.4. The number of carbonyl (C=O) groups is 1. The standard InChI is InChI=1S/C26H19ClF3NO4/c1-14-10-19-21(11-15(14)2)35-24(18-8-3-4-9-20(18)27)25(23(19)33)34-13-22(32)31-17-7-5-6-16(12-17)26(28,29)30/h3-12H,13H2,1-2H3,(H,31,32). The zero-order valence-electron chi connectivity index (χ0n) is 18.6. The van der Waals surface area contributed by atoms with Crippen LogP contribution in [0.2, 0.25) is 5.02 Å². The molecule has 0 saturated heterocycles. The third-order valence-corrected chi connectivity index (χ3v) is 5.73. The fourth-order valence-electron chi connectivity index (χ4n) is 3.50. The Morgan fingerprint density at radius 2 is 1.74 bits per heavy atom. The number of aryl methyl sites for hydroxylation is 2. The van der Waals surface area contributed by atoms with Gasteiger partial charge in [0.15, 0.2) is 12.4 Å². The fraction of sp³-hybridized carbons (Fsp3) is 0.154. The highest BCUT2D eigenvalue weighted by atomic mass is 35.5. The van der Waals surface area contributed by atoms with E-state index in [9.17, 15) is 22.8 Å². The van der Waals surface area contributed by atoms with Crippen LogP contribution in [0.5, 0.6) is 5.75 Å². The van der Waals surface area contributed by atoms with E-state index in [1.54, 1.807) is 36.4 Å². The van der Waals surface area contributed by atoms with Crippen LogP contribution in [0.25, 0.3) is 22.3 Å². The fourth-order valence-corrected chi connectivity index (χ4v) is 3.72. The van der Waals surface area contributed by atoms with Crippen molar-refractivity contribution in [2.75, 3.05) is 11.9 Å². The summed E-state index contributed by atoms with van der Waals surface area (Å²) in [6.45, 7) is 3.08. The van der Waals surface area contributed by atoms with Gasteiger partial charge in [-0.2, -0.15) is 13.2 Å². The first-order valence-corrected chi connectivity index (χ1v) is 10.9. The van der Waals surface area contributed by atoms with E-state index < -0.39 is 29.7 Å². The molecule has 0 spiro atoms. The smallest absolute Gasteiger partial charge is 0.416 e. The van der Waals surface area contributed by atoms with Gasteiger partial charge in [-0.05, 0) is 67.4 Å². The molecule has 3 aromatic carbocycles. The van der Waals surface area contributed by atoms with E-state index in [0.717, 1.165) is 23.3 Å². The van der Waals surface area contributed by atoms with Gasteiger partial charge in [0.25, 0.3) is 5.91 Å². The lowest BCUT2D eigenvalue weighted by Gasteiger charge is -2.14. The number of nitrogens with one attached hydrogen (secondary N) is 1. The van der Waals surface area contributed by atoms with Gasteiger partial charge in [-0.15, -0.1) is 0 Å². The van der Waals surface area contributed by atoms with Crippen LogP contribution in [0.4, 0.5) is 18.9 Å². The summed E-state index contributed by atoms with van der Waals surface area (Å²) in [4.78, 5) is 25.8. The van der Waals surface area contributed by atoms with Crippen molar-refractivity contribution in [3.05, 3.63) is 92.6 Å². The Bertz CT molecular complexity index is 1490. The predicted molar refractivity (Wildman–Crippen MR) is 128 cm³/mol. The van der Waals surface area contributed by atoms with Crippen molar-refractivity contribution in [2.24, 2.45) is 0 Å². The van der Waals surface area contributed by atoms with Crippen LogP contribution in [0, 0.1) is 13.8 Å². The van der Waals surface area contributed by atoms with Crippen molar-refractivity contribution in [1.29, 1.82) is 0 Å². The Morgan fingerprint density at radius 1 is 1.03 bits per heavy atom. The molecule has 35 heavy (non-hydrogen) atoms. The molecule has 0 radical (unpaired) electrons. The van der Waals surface area contributed by atoms with Crippen LogP contribution < -0.4 is 15.5 Å². The molecule has 5 nitrogen and oxygen atoms in total. The zero-order valence-corrected chi connectivity index (χ0v) is 19.4. The van der Waals surface area contributed by atoms with Crippen molar-refractivity contribution in [2.45, 2.75) is 20.0 Å². The number of halogens is 4. The number of alkyl halides is 3. The topological polar surface area (TPSA) is 68.5 Å². The van der Waals surface area contributed by atoms with Crippen LogP contribution in [-0.4, -0.2) is 12.5 Å². The number of rotatable bonds is 5. The maximum atomic E-state index is 13.3. The van der Waals surface area contributed by atoms with Crippen molar-refractivity contribution < 1.29 is 27.1 Å². The number of hydrogen-bond donors (Lipinski definition) is 1. The number of carbonyl (C=O) groups excluding carboxylic acids is 1. The highest BCUT2D eigenvalue weighted by Gasteiger charge is 2.30. The molecule has 4 aromatic rings. The Morgan fingerprint density at radius 3 is 2.46 bits per heavy atom. The summed E-state index contributed by atoms with van der Waals surface area (Å²) in [5.41, 5.74) is 1.03. The quantitative estimate of drug-likeness (QED) is 0.328. The van der Waals surface area contributed by atoms with Gasteiger partial charge in [0, 0.05) is 11.3 Å². The molecule has 0 aliphatic carbocycles. The van der Waals surface area contributed by atoms with Crippen LogP contribution in [0.15, 0.2) is 69.9 Å². The van der Waals surface area contributed by atoms with Gasteiger partial charge in [-0.1, -0.05) is 29.8 Å². The molecule has 180 valence electrons. The van der Waals surface area contributed by atoms with Crippen LogP contribution in [-0.2, 0) is 11.0 Å². The molecule has 0 aliphatic rings. The number of anilines is 1. The first-order valence-electron chi connectivity index (χ1n) is 10.5. The molecular weight excluding hydrogens is 483 g/mol. The minimum absolute atomic E-state index is 0.0446. The Kier molecular flexibility index (Phi) is 6.58. The monoisotopic (exact) mass is 501 g/mol. The minimum atomic E-state index is -4.55. The Labute approximate surface area is 203 Å². The number of benzene rings is 3. The normalized spacial score (nSPS) is 11.5. The maximum Gasteiger partial charge on any atom is 0.416 e. The number of amides is 1. The van der Waals surface area contributed by atoms with Crippen LogP contribution >= 0.6 is 11.6 Å². The lowest BCUT2D eigenvalue weighted by molar-refractivity contribution is -0.137. The summed E-state index contributed by atoms with van der Waals surface area (Å²) in [6.07, 6.45) is -4.55. The van der Waals surface area contributed by atoms with Gasteiger partial charge in [0.1, 0.15) is 5.58 Å². The van der Waals surface area contributed by atoms with E-state index in [-0.39, 0.29) is 22.6 Å². The molecule has 1 heterocycles. The summed E-state index contributed by atoms with van der Waals surface area (Å²) >= 11 is 6.32. The van der Waals surface area contributed by atoms with Crippen LogP contribution in [0.3, 0.4) is 0 Å². The molecule has 9 heteroatoms. The van der Waals surface area contributed by atoms with E-state index >= 15 is 0 Å². The second-order valence-corrected chi connectivity index (χ2v) is 8.32. The average Bonchev–Trinajstić information content (AvgIpc) is 2.80. The van der Waals surface area contributed by atoms with Crippen molar-refractivity contribution >= 4 is 34.2 Å². The van der Waals surface area contributed by atoms with E-state index in [1.165, 1.54) is 12.1 Å². The number of fused-ring (bicyclic) bond motifs is 1. The third kappa shape index (κ3) is 5.17. The Hall–Kier alpha value is -3.78. The molecular formula is C26H19ClF3NO4. The number of hydrogen-bond acceptors (Lipinski definition) is 4. The predicted octanol–water partition coefficient (Wildman–Crippen LogP) is 6.77. The number of ether oxygens (including phenoxy) is 1. The van der Waals surface area contributed by atoms with E-state index in [2.05, 4.69) is 5.32 Å².